The number of carbonyl (C=O) groups excluding carboxylic acids is 2. The maximum Gasteiger partial charge on any atom is 0.227 e. The van der Waals surface area contributed by atoms with Gasteiger partial charge >= 0.3 is 0 Å². The molecule has 2 aromatic carbocycles. The third-order valence-corrected chi connectivity index (χ3v) is 7.83. The molecule has 4 rings (SSSR count). The van der Waals surface area contributed by atoms with Crippen molar-refractivity contribution < 1.29 is 18.7 Å². The maximum absolute atomic E-state index is 13.4. The fourth-order valence-electron chi connectivity index (χ4n) is 4.91. The first-order valence-electron chi connectivity index (χ1n) is 12.2. The van der Waals surface area contributed by atoms with Crippen LogP contribution in [0.1, 0.15) is 24.8 Å². The molecule has 2 fully saturated rings. The molecule has 2 heterocycles. The van der Waals surface area contributed by atoms with Crippen molar-refractivity contribution >= 4 is 27.7 Å². The molecule has 0 saturated carbocycles. The monoisotopic (exact) mass is 545 g/mol. The van der Waals surface area contributed by atoms with Gasteiger partial charge in [0.1, 0.15) is 11.6 Å². The summed E-state index contributed by atoms with van der Waals surface area (Å²) in [7, 11) is 2.07. The molecule has 2 aliphatic rings. The Kier molecular flexibility index (Phi) is 8.44. The number of likely N-dealkylation sites (tertiary alicyclic amines) is 1. The SMILES string of the molecule is CN1CCN(C(=O)C[C@@]2(COc3ccc(F)cc3)CCCN(C(=O)Cc3ccccc3Br)C2)CC1. The van der Waals surface area contributed by atoms with Gasteiger partial charge in [-0.3, -0.25) is 9.59 Å². The summed E-state index contributed by atoms with van der Waals surface area (Å²) in [5.74, 6) is 0.406. The van der Waals surface area contributed by atoms with Crippen LogP contribution in [0.4, 0.5) is 4.39 Å². The van der Waals surface area contributed by atoms with Crippen molar-refractivity contribution in [3.05, 3.63) is 64.4 Å². The van der Waals surface area contributed by atoms with E-state index in [4.69, 9.17) is 4.74 Å². The molecule has 2 amide bonds. The van der Waals surface area contributed by atoms with Crippen LogP contribution in [0.15, 0.2) is 53.0 Å². The molecule has 0 spiro atoms. The minimum absolute atomic E-state index is 0.0507. The molecule has 0 bridgehead atoms. The molecular weight excluding hydrogens is 513 g/mol. The molecule has 0 N–H and O–H groups in total. The predicted octanol–water partition coefficient (Wildman–Crippen LogP) is 3.98. The topological polar surface area (TPSA) is 53.1 Å². The third-order valence-electron chi connectivity index (χ3n) is 7.05. The van der Waals surface area contributed by atoms with E-state index in [2.05, 4.69) is 27.9 Å². The number of hydrogen-bond donors (Lipinski definition) is 0. The van der Waals surface area contributed by atoms with Gasteiger partial charge in [0.15, 0.2) is 0 Å². The number of piperazine rings is 1. The Bertz CT molecular complexity index is 1030. The minimum atomic E-state index is -0.489. The van der Waals surface area contributed by atoms with Gasteiger partial charge in [-0.15, -0.1) is 0 Å². The van der Waals surface area contributed by atoms with E-state index in [0.29, 0.717) is 38.3 Å². The van der Waals surface area contributed by atoms with Crippen molar-refractivity contribution in [2.75, 3.05) is 52.9 Å². The van der Waals surface area contributed by atoms with E-state index in [0.717, 1.165) is 49.1 Å². The summed E-state index contributed by atoms with van der Waals surface area (Å²) in [6.45, 7) is 4.60. The van der Waals surface area contributed by atoms with Crippen LogP contribution in [0.3, 0.4) is 0 Å². The van der Waals surface area contributed by atoms with Crippen molar-refractivity contribution in [2.24, 2.45) is 5.41 Å². The second-order valence-corrected chi connectivity index (χ2v) is 10.6. The van der Waals surface area contributed by atoms with Crippen LogP contribution in [0.5, 0.6) is 5.75 Å². The molecular formula is C27H33BrFN3O3. The van der Waals surface area contributed by atoms with Gasteiger partial charge in [0.05, 0.1) is 13.0 Å². The Hall–Kier alpha value is -2.45. The van der Waals surface area contributed by atoms with Gasteiger partial charge < -0.3 is 19.4 Å². The van der Waals surface area contributed by atoms with Crippen LogP contribution in [0, 0.1) is 11.2 Å². The zero-order chi connectivity index (χ0) is 24.8. The molecule has 0 aromatic heterocycles. The molecule has 0 aliphatic carbocycles. The average molecular weight is 546 g/mol. The number of piperidine rings is 1. The predicted molar refractivity (Wildman–Crippen MR) is 137 cm³/mol. The zero-order valence-electron chi connectivity index (χ0n) is 20.2. The van der Waals surface area contributed by atoms with E-state index >= 15 is 0 Å². The number of amides is 2. The van der Waals surface area contributed by atoms with E-state index in [9.17, 15) is 14.0 Å². The van der Waals surface area contributed by atoms with E-state index in [1.807, 2.05) is 34.1 Å². The summed E-state index contributed by atoms with van der Waals surface area (Å²) < 4.78 is 20.4. The lowest BCUT2D eigenvalue weighted by molar-refractivity contribution is -0.142. The van der Waals surface area contributed by atoms with Gasteiger partial charge in [0.25, 0.3) is 0 Å². The third kappa shape index (κ3) is 6.82. The quantitative estimate of drug-likeness (QED) is 0.528. The second-order valence-electron chi connectivity index (χ2n) is 9.79. The highest BCUT2D eigenvalue weighted by Crippen LogP contribution is 2.36. The number of benzene rings is 2. The first kappa shape index (κ1) is 25.6. The maximum atomic E-state index is 13.4. The van der Waals surface area contributed by atoms with Gasteiger partial charge in [-0.05, 0) is 55.8 Å². The number of ether oxygens (including phenoxy) is 1. The minimum Gasteiger partial charge on any atom is -0.493 e. The first-order chi connectivity index (χ1) is 16.8. The zero-order valence-corrected chi connectivity index (χ0v) is 21.8. The van der Waals surface area contributed by atoms with Gasteiger partial charge in [0.2, 0.25) is 11.8 Å². The number of nitrogens with zero attached hydrogens (tertiary/aromatic N) is 3. The van der Waals surface area contributed by atoms with Crippen LogP contribution in [0.2, 0.25) is 0 Å². The standard InChI is InChI=1S/C27H33BrFN3O3/c1-30-13-15-31(16-14-30)26(34)18-27(20-35-23-9-7-22(29)8-10-23)11-4-12-32(19-27)25(33)17-21-5-2-3-6-24(21)28/h2-3,5-10H,4,11-20H2,1H3/t27-/m0/s1. The van der Waals surface area contributed by atoms with Crippen molar-refractivity contribution in [1.82, 2.24) is 14.7 Å². The fraction of sp³-hybridized carbons (Fsp3) is 0.481. The lowest BCUT2D eigenvalue weighted by Gasteiger charge is -2.43. The Morgan fingerprint density at radius 2 is 1.69 bits per heavy atom. The Balaban J connectivity index is 1.49. The number of likely N-dealkylation sites (N-methyl/N-ethyl adjacent to an activating group) is 1. The number of hydrogen-bond acceptors (Lipinski definition) is 4. The van der Waals surface area contributed by atoms with E-state index < -0.39 is 5.41 Å². The summed E-state index contributed by atoms with van der Waals surface area (Å²) in [5.41, 5.74) is 0.459. The van der Waals surface area contributed by atoms with Crippen LogP contribution >= 0.6 is 15.9 Å². The molecule has 6 nitrogen and oxygen atoms in total. The van der Waals surface area contributed by atoms with Crippen molar-refractivity contribution in [3.63, 3.8) is 0 Å². The summed E-state index contributed by atoms with van der Waals surface area (Å²) in [5, 5.41) is 0. The van der Waals surface area contributed by atoms with Crippen LogP contribution in [-0.4, -0.2) is 79.4 Å². The summed E-state index contributed by atoms with van der Waals surface area (Å²) in [4.78, 5) is 32.6. The highest BCUT2D eigenvalue weighted by molar-refractivity contribution is 9.10. The molecule has 188 valence electrons. The van der Waals surface area contributed by atoms with Gasteiger partial charge in [-0.2, -0.15) is 0 Å². The van der Waals surface area contributed by atoms with Crippen LogP contribution in [0.25, 0.3) is 0 Å². The van der Waals surface area contributed by atoms with Gasteiger partial charge in [-0.25, -0.2) is 4.39 Å². The van der Waals surface area contributed by atoms with E-state index in [-0.39, 0.29) is 17.6 Å². The van der Waals surface area contributed by atoms with E-state index in [1.54, 1.807) is 12.1 Å². The van der Waals surface area contributed by atoms with Crippen LogP contribution < -0.4 is 4.74 Å². The lowest BCUT2D eigenvalue weighted by atomic mass is 9.77. The second kappa shape index (κ2) is 11.5. The van der Waals surface area contributed by atoms with Crippen LogP contribution in [-0.2, 0) is 16.0 Å². The molecule has 35 heavy (non-hydrogen) atoms. The number of halogens is 2. The fourth-order valence-corrected chi connectivity index (χ4v) is 5.33. The molecule has 0 unspecified atom stereocenters. The van der Waals surface area contributed by atoms with Crippen molar-refractivity contribution in [2.45, 2.75) is 25.7 Å². The summed E-state index contributed by atoms with van der Waals surface area (Å²) in [6, 6.07) is 13.7. The summed E-state index contributed by atoms with van der Waals surface area (Å²) >= 11 is 3.54. The van der Waals surface area contributed by atoms with E-state index in [1.165, 1.54) is 12.1 Å². The molecule has 2 aliphatic heterocycles. The molecule has 1 atom stereocenters. The Labute approximate surface area is 215 Å². The largest absolute Gasteiger partial charge is 0.493 e. The highest BCUT2D eigenvalue weighted by atomic mass is 79.9. The highest BCUT2D eigenvalue weighted by Gasteiger charge is 2.41. The molecule has 8 heteroatoms. The Morgan fingerprint density at radius 3 is 2.40 bits per heavy atom. The van der Waals surface area contributed by atoms with Gasteiger partial charge in [-0.1, -0.05) is 34.1 Å². The van der Waals surface area contributed by atoms with Crippen molar-refractivity contribution in [1.29, 1.82) is 0 Å². The number of rotatable bonds is 7. The Morgan fingerprint density at radius 1 is 0.971 bits per heavy atom. The molecule has 2 saturated heterocycles. The summed E-state index contributed by atoms with van der Waals surface area (Å²) in [6.07, 6.45) is 2.25. The number of carbonyl (C=O) groups is 2. The normalized spacial score (nSPS) is 21.1. The smallest absolute Gasteiger partial charge is 0.227 e. The average Bonchev–Trinajstić information content (AvgIpc) is 2.85. The first-order valence-corrected chi connectivity index (χ1v) is 13.0. The van der Waals surface area contributed by atoms with Crippen molar-refractivity contribution in [3.8, 4) is 5.75 Å². The van der Waals surface area contributed by atoms with Gasteiger partial charge in [0, 0.05) is 55.6 Å². The molecule has 0 radical (unpaired) electrons. The molecule has 2 aromatic rings. The lowest BCUT2D eigenvalue weighted by Crippen LogP contribution is -2.53.